The molecule has 0 bridgehead atoms. The predicted molar refractivity (Wildman–Crippen MR) is 124 cm³/mol. The van der Waals surface area contributed by atoms with Gasteiger partial charge in [0, 0.05) is 13.1 Å². The maximum Gasteiger partial charge on any atom is 0.338 e. The molecular weight excluding hydrogens is 475 g/mol. The summed E-state index contributed by atoms with van der Waals surface area (Å²) >= 11 is 12.0. The number of benzene rings is 2. The van der Waals surface area contributed by atoms with E-state index in [0.717, 1.165) is 6.42 Å². The molecule has 2 aromatic rings. The van der Waals surface area contributed by atoms with Crippen LogP contribution in [0.2, 0.25) is 10.0 Å². The largest absolute Gasteiger partial charge is 0.452 e. The fraction of sp³-hybridized carbons (Fsp3) is 0.364. The molecule has 7 nitrogen and oxygen atoms in total. The SMILES string of the molecule is C[C@H]1C[C@H](C)CN(S(=O)(=O)c2ccc(C(=O)OCC(=O)Nc3c(Cl)cccc3Cl)cc2)C1. The number of esters is 1. The minimum absolute atomic E-state index is 0.112. The number of carbonyl (C=O) groups excluding carboxylic acids is 2. The molecule has 0 saturated carbocycles. The minimum atomic E-state index is -3.65. The Bertz CT molecular complexity index is 1080. The Labute approximate surface area is 197 Å². The van der Waals surface area contributed by atoms with Crippen molar-refractivity contribution in [1.29, 1.82) is 0 Å². The number of hydrogen-bond acceptors (Lipinski definition) is 5. The maximum absolute atomic E-state index is 12.9. The smallest absolute Gasteiger partial charge is 0.338 e. The van der Waals surface area contributed by atoms with Gasteiger partial charge in [-0.15, -0.1) is 0 Å². The number of halogens is 2. The summed E-state index contributed by atoms with van der Waals surface area (Å²) in [6.07, 6.45) is 0.993. The second kappa shape index (κ2) is 10.2. The number of amides is 1. The van der Waals surface area contributed by atoms with Crippen molar-refractivity contribution < 1.29 is 22.7 Å². The number of para-hydroxylation sites is 1. The zero-order valence-electron chi connectivity index (χ0n) is 17.7. The lowest BCUT2D eigenvalue weighted by atomic mass is 9.94. The summed E-state index contributed by atoms with van der Waals surface area (Å²) in [7, 11) is -3.65. The van der Waals surface area contributed by atoms with Crippen LogP contribution in [0.1, 0.15) is 30.6 Å². The van der Waals surface area contributed by atoms with E-state index in [-0.39, 0.29) is 38.0 Å². The van der Waals surface area contributed by atoms with Gasteiger partial charge in [0.1, 0.15) is 0 Å². The lowest BCUT2D eigenvalue weighted by molar-refractivity contribution is -0.119. The molecule has 1 fully saturated rings. The van der Waals surface area contributed by atoms with Crippen LogP contribution in [0, 0.1) is 11.8 Å². The Morgan fingerprint density at radius 1 is 1.03 bits per heavy atom. The lowest BCUT2D eigenvalue weighted by Crippen LogP contribution is -2.42. The van der Waals surface area contributed by atoms with Gasteiger partial charge in [0.2, 0.25) is 10.0 Å². The molecular formula is C22H24Cl2N2O5S. The molecule has 10 heteroatoms. The number of rotatable bonds is 6. The number of ether oxygens (including phenoxy) is 1. The molecule has 1 aliphatic heterocycles. The molecule has 172 valence electrons. The first-order valence-electron chi connectivity index (χ1n) is 10.1. The monoisotopic (exact) mass is 498 g/mol. The Morgan fingerprint density at radius 2 is 1.59 bits per heavy atom. The second-order valence-electron chi connectivity index (χ2n) is 8.01. The molecule has 1 amide bonds. The zero-order chi connectivity index (χ0) is 23.5. The van der Waals surface area contributed by atoms with Gasteiger partial charge in [0.25, 0.3) is 5.91 Å². The van der Waals surface area contributed by atoms with Gasteiger partial charge >= 0.3 is 5.97 Å². The topological polar surface area (TPSA) is 92.8 Å². The Balaban J connectivity index is 1.61. The molecule has 1 N–H and O–H groups in total. The number of sulfonamides is 1. The molecule has 3 rings (SSSR count). The second-order valence-corrected chi connectivity index (χ2v) is 10.8. The number of hydrogen-bond donors (Lipinski definition) is 1. The first-order chi connectivity index (χ1) is 15.1. The molecule has 1 saturated heterocycles. The molecule has 32 heavy (non-hydrogen) atoms. The highest BCUT2D eigenvalue weighted by Gasteiger charge is 2.31. The highest BCUT2D eigenvalue weighted by atomic mass is 35.5. The molecule has 0 radical (unpaired) electrons. The average Bonchev–Trinajstić information content (AvgIpc) is 2.74. The van der Waals surface area contributed by atoms with E-state index in [1.54, 1.807) is 18.2 Å². The van der Waals surface area contributed by atoms with E-state index in [1.807, 2.05) is 13.8 Å². The van der Waals surface area contributed by atoms with E-state index in [1.165, 1.54) is 28.6 Å². The van der Waals surface area contributed by atoms with E-state index in [9.17, 15) is 18.0 Å². The summed E-state index contributed by atoms with van der Waals surface area (Å²) in [4.78, 5) is 24.5. The number of nitrogens with one attached hydrogen (secondary N) is 1. The Morgan fingerprint density at radius 3 is 2.16 bits per heavy atom. The zero-order valence-corrected chi connectivity index (χ0v) is 20.0. The first-order valence-corrected chi connectivity index (χ1v) is 12.3. The van der Waals surface area contributed by atoms with E-state index in [2.05, 4.69) is 5.32 Å². The standard InChI is InChI=1S/C22H24Cl2N2O5S/c1-14-10-15(2)12-26(11-14)32(29,30)17-8-6-16(7-9-17)22(28)31-13-20(27)25-21-18(23)4-3-5-19(21)24/h3-9,14-15H,10-13H2,1-2H3,(H,25,27)/t14-,15-/m0/s1. The molecule has 0 aliphatic carbocycles. The highest BCUT2D eigenvalue weighted by molar-refractivity contribution is 7.89. The van der Waals surface area contributed by atoms with Gasteiger partial charge in [-0.1, -0.05) is 43.1 Å². The summed E-state index contributed by atoms with van der Waals surface area (Å²) in [6.45, 7) is 4.46. The number of carbonyl (C=O) groups is 2. The van der Waals surface area contributed by atoms with Gasteiger partial charge < -0.3 is 10.1 Å². The molecule has 0 aromatic heterocycles. The quantitative estimate of drug-likeness (QED) is 0.593. The summed E-state index contributed by atoms with van der Waals surface area (Å²) in [5, 5.41) is 3.00. The third-order valence-corrected chi connectivity index (χ3v) is 7.60. The average molecular weight is 499 g/mol. The summed E-state index contributed by atoms with van der Waals surface area (Å²) < 4.78 is 32.4. The van der Waals surface area contributed by atoms with Gasteiger partial charge in [-0.3, -0.25) is 4.79 Å². The van der Waals surface area contributed by atoms with Crippen LogP contribution in [0.5, 0.6) is 0 Å². The van der Waals surface area contributed by atoms with Crippen LogP contribution in [0.3, 0.4) is 0 Å². The van der Waals surface area contributed by atoms with Gasteiger partial charge in [-0.2, -0.15) is 4.31 Å². The molecule has 2 aromatic carbocycles. The van der Waals surface area contributed by atoms with Gasteiger partial charge in [-0.05, 0) is 54.7 Å². The predicted octanol–water partition coefficient (Wildman–Crippen LogP) is 4.46. The molecule has 0 spiro atoms. The van der Waals surface area contributed by atoms with E-state index in [0.29, 0.717) is 13.1 Å². The van der Waals surface area contributed by atoms with E-state index < -0.39 is 28.5 Å². The maximum atomic E-state index is 12.9. The van der Waals surface area contributed by atoms with Gasteiger partial charge in [0.15, 0.2) is 6.61 Å². The number of anilines is 1. The van der Waals surface area contributed by atoms with Crippen molar-refractivity contribution >= 4 is 50.8 Å². The van der Waals surface area contributed by atoms with Crippen molar-refractivity contribution in [3.05, 3.63) is 58.1 Å². The fourth-order valence-corrected chi connectivity index (χ4v) is 5.89. The van der Waals surface area contributed by atoms with Crippen molar-refractivity contribution in [2.45, 2.75) is 25.2 Å². The van der Waals surface area contributed by atoms with E-state index in [4.69, 9.17) is 27.9 Å². The fourth-order valence-electron chi connectivity index (χ4n) is 3.72. The van der Waals surface area contributed by atoms with Gasteiger partial charge in [0.05, 0.1) is 26.2 Å². The highest BCUT2D eigenvalue weighted by Crippen LogP contribution is 2.30. The van der Waals surface area contributed by atoms with Crippen LogP contribution in [-0.4, -0.2) is 44.3 Å². The van der Waals surface area contributed by atoms with Crippen molar-refractivity contribution in [3.8, 4) is 0 Å². The summed E-state index contributed by atoms with van der Waals surface area (Å²) in [5.41, 5.74) is 0.362. The first kappa shape index (κ1) is 24.5. The van der Waals surface area contributed by atoms with Crippen molar-refractivity contribution in [3.63, 3.8) is 0 Å². The molecule has 0 unspecified atom stereocenters. The van der Waals surface area contributed by atoms with Crippen LogP contribution >= 0.6 is 23.2 Å². The van der Waals surface area contributed by atoms with Crippen LogP contribution < -0.4 is 5.32 Å². The van der Waals surface area contributed by atoms with Crippen LogP contribution in [0.4, 0.5) is 5.69 Å². The lowest BCUT2D eigenvalue weighted by Gasteiger charge is -2.34. The third-order valence-electron chi connectivity index (χ3n) is 5.12. The Kier molecular flexibility index (Phi) is 7.82. The summed E-state index contributed by atoms with van der Waals surface area (Å²) in [6, 6.07) is 10.3. The third kappa shape index (κ3) is 5.81. The van der Waals surface area contributed by atoms with E-state index >= 15 is 0 Å². The number of nitrogens with zero attached hydrogens (tertiary/aromatic N) is 1. The van der Waals surface area contributed by atoms with Crippen molar-refractivity contribution in [2.75, 3.05) is 25.0 Å². The van der Waals surface area contributed by atoms with Crippen molar-refractivity contribution in [2.24, 2.45) is 11.8 Å². The normalized spacial score (nSPS) is 19.4. The Hall–Kier alpha value is -2.13. The minimum Gasteiger partial charge on any atom is -0.452 e. The van der Waals surface area contributed by atoms with Crippen LogP contribution in [0.25, 0.3) is 0 Å². The van der Waals surface area contributed by atoms with Crippen molar-refractivity contribution in [1.82, 2.24) is 4.31 Å². The van der Waals surface area contributed by atoms with Gasteiger partial charge in [-0.25, -0.2) is 13.2 Å². The number of piperidine rings is 1. The molecule has 2 atom stereocenters. The van der Waals surface area contributed by atoms with Crippen LogP contribution in [-0.2, 0) is 19.6 Å². The molecule has 1 aliphatic rings. The summed E-state index contributed by atoms with van der Waals surface area (Å²) in [5.74, 6) is -0.792. The molecule has 1 heterocycles. The van der Waals surface area contributed by atoms with Crippen LogP contribution in [0.15, 0.2) is 47.4 Å².